The molecule has 4 atom stereocenters. The zero-order valence-corrected chi connectivity index (χ0v) is 29.4. The van der Waals surface area contributed by atoms with Crippen molar-refractivity contribution < 1.29 is 28.0 Å². The van der Waals surface area contributed by atoms with Gasteiger partial charge >= 0.3 is 0 Å². The molecule has 2 fully saturated rings. The first kappa shape index (κ1) is 36.7. The number of para-hydroxylation sites is 2. The second-order valence-electron chi connectivity index (χ2n) is 14.0. The van der Waals surface area contributed by atoms with E-state index < -0.39 is 61.1 Å². The number of halogens is 1. The largest absolute Gasteiger partial charge is 0.391 e. The normalized spacial score (nSPS) is 22.3. The third-order valence-corrected chi connectivity index (χ3v) is 11.3. The number of nitrogens with zero attached hydrogens (tertiary/aromatic N) is 4. The lowest BCUT2D eigenvalue weighted by Crippen LogP contribution is -2.68. The first-order chi connectivity index (χ1) is 21.9. The summed E-state index contributed by atoms with van der Waals surface area (Å²) in [4.78, 5) is 41.8. The molecule has 2 aliphatic rings. The summed E-state index contributed by atoms with van der Waals surface area (Å²) in [5.74, 6) is -1.46. The number of sulfonamides is 1. The molecule has 0 saturated carbocycles. The zero-order valence-electron chi connectivity index (χ0n) is 27.8. The molecule has 2 amide bonds. The van der Waals surface area contributed by atoms with Gasteiger partial charge in [-0.1, -0.05) is 63.6 Å². The van der Waals surface area contributed by atoms with Crippen LogP contribution in [0.25, 0.3) is 0 Å². The maximum absolute atomic E-state index is 14.1. The molecule has 2 N–H and O–H groups in total. The summed E-state index contributed by atoms with van der Waals surface area (Å²) in [6.07, 6.45) is -0.0590. The van der Waals surface area contributed by atoms with Crippen LogP contribution in [0.3, 0.4) is 0 Å². The number of anilines is 1. The molecule has 1 unspecified atom stereocenters. The molecule has 2 saturated heterocycles. The van der Waals surface area contributed by atoms with Crippen molar-refractivity contribution in [1.29, 1.82) is 0 Å². The average molecular weight is 692 g/mol. The average Bonchev–Trinajstić information content (AvgIpc) is 3.01. The van der Waals surface area contributed by atoms with E-state index in [1.807, 2.05) is 46.4 Å². The Bertz CT molecular complexity index is 1580. The lowest BCUT2D eigenvalue weighted by Gasteiger charge is -2.52. The van der Waals surface area contributed by atoms with E-state index in [1.165, 1.54) is 18.2 Å². The van der Waals surface area contributed by atoms with Crippen LogP contribution in [0.4, 0.5) is 11.4 Å². The van der Waals surface area contributed by atoms with Gasteiger partial charge in [-0.05, 0) is 56.7 Å². The highest BCUT2D eigenvalue weighted by Crippen LogP contribution is 2.37. The van der Waals surface area contributed by atoms with Crippen molar-refractivity contribution in [3.8, 4) is 0 Å². The van der Waals surface area contributed by atoms with Crippen LogP contribution in [-0.4, -0.2) is 89.4 Å². The first-order valence-corrected chi connectivity index (χ1v) is 17.8. The van der Waals surface area contributed by atoms with Crippen LogP contribution < -0.4 is 10.2 Å². The van der Waals surface area contributed by atoms with E-state index in [4.69, 9.17) is 11.6 Å². The summed E-state index contributed by atoms with van der Waals surface area (Å²) in [6.45, 7) is 11.5. The molecule has 0 spiro atoms. The number of benzene rings is 2. The Hall–Kier alpha value is -3.10. The number of nitro benzene ring substituents is 1. The number of piperazine rings is 1. The molecule has 2 aliphatic heterocycles. The van der Waals surface area contributed by atoms with Crippen molar-refractivity contribution in [2.45, 2.75) is 83.0 Å². The van der Waals surface area contributed by atoms with Gasteiger partial charge < -0.3 is 15.3 Å². The molecule has 258 valence electrons. The molecule has 4 rings (SSSR count). The predicted octanol–water partition coefficient (Wildman–Crippen LogP) is 4.30. The molecule has 2 heterocycles. The second kappa shape index (κ2) is 14.6. The molecule has 47 heavy (non-hydrogen) atoms. The van der Waals surface area contributed by atoms with Gasteiger partial charge in [0.05, 0.1) is 40.2 Å². The SMILES string of the molecule is CC(C)C[C@@H](NC(=O)[C@H]1C[C@@H](N2CC(=O)N(c3ccccc3Cl)CC2(C)C)CN(S(=O)(=O)c2ccccc2[N+](=O)[O-])C1)C(O)C(C)C. The number of nitro groups is 1. The van der Waals surface area contributed by atoms with Crippen LogP contribution in [0.5, 0.6) is 0 Å². The van der Waals surface area contributed by atoms with Crippen molar-refractivity contribution in [1.82, 2.24) is 14.5 Å². The van der Waals surface area contributed by atoms with Crippen LogP contribution in [0.2, 0.25) is 5.02 Å². The first-order valence-electron chi connectivity index (χ1n) is 16.0. The lowest BCUT2D eigenvalue weighted by atomic mass is 9.87. The summed E-state index contributed by atoms with van der Waals surface area (Å²) in [5.41, 5.74) is -0.650. The highest BCUT2D eigenvalue weighted by Gasteiger charge is 2.48. The van der Waals surface area contributed by atoms with Gasteiger partial charge in [-0.15, -0.1) is 0 Å². The maximum Gasteiger partial charge on any atom is 0.289 e. The Morgan fingerprint density at radius 2 is 1.74 bits per heavy atom. The number of aliphatic hydroxyl groups excluding tert-OH is 1. The molecule has 0 aromatic heterocycles. The van der Waals surface area contributed by atoms with Gasteiger partial charge in [0.25, 0.3) is 5.69 Å². The number of hydrogen-bond donors (Lipinski definition) is 2. The van der Waals surface area contributed by atoms with Gasteiger partial charge in [-0.2, -0.15) is 4.31 Å². The number of rotatable bonds is 11. The van der Waals surface area contributed by atoms with E-state index in [-0.39, 0.29) is 50.3 Å². The van der Waals surface area contributed by atoms with Gasteiger partial charge in [-0.25, -0.2) is 8.42 Å². The van der Waals surface area contributed by atoms with E-state index in [1.54, 1.807) is 29.2 Å². The third-order valence-electron chi connectivity index (χ3n) is 9.11. The van der Waals surface area contributed by atoms with Crippen LogP contribution in [-0.2, 0) is 19.6 Å². The van der Waals surface area contributed by atoms with E-state index in [0.29, 0.717) is 17.1 Å². The van der Waals surface area contributed by atoms with Gasteiger partial charge in [0.15, 0.2) is 4.90 Å². The number of amides is 2. The zero-order chi connectivity index (χ0) is 34.8. The minimum absolute atomic E-state index is 0.0569. The van der Waals surface area contributed by atoms with Crippen LogP contribution in [0.15, 0.2) is 53.4 Å². The molecule has 0 aliphatic carbocycles. The van der Waals surface area contributed by atoms with Gasteiger partial charge in [0.2, 0.25) is 21.8 Å². The van der Waals surface area contributed by atoms with Gasteiger partial charge in [0, 0.05) is 37.3 Å². The Kier molecular flexibility index (Phi) is 11.4. The van der Waals surface area contributed by atoms with Crippen molar-refractivity contribution in [2.75, 3.05) is 31.1 Å². The van der Waals surface area contributed by atoms with Crippen molar-refractivity contribution in [3.05, 3.63) is 63.7 Å². The second-order valence-corrected chi connectivity index (χ2v) is 16.3. The number of aliphatic hydroxyl groups is 1. The summed E-state index contributed by atoms with van der Waals surface area (Å²) in [7, 11) is -4.44. The van der Waals surface area contributed by atoms with E-state index in [2.05, 4.69) is 5.32 Å². The summed E-state index contributed by atoms with van der Waals surface area (Å²) < 4.78 is 29.4. The minimum atomic E-state index is -4.44. The number of carbonyl (C=O) groups is 2. The standard InChI is InChI=1S/C33H46ClN5O7S/c1-21(2)15-26(31(41)22(3)4)35-32(42)23-16-24(18-36(17-23)47(45,46)29-14-10-9-13-28(29)39(43)44)38-19-30(40)37(20-33(38,5)6)27-12-8-7-11-25(27)34/h7-14,21-24,26,31,41H,15-20H2,1-6H3,(H,35,42)/t23-,24+,26+,31?/m0/s1. The topological polar surface area (TPSA) is 153 Å². The fourth-order valence-corrected chi connectivity index (χ4v) is 8.61. The maximum atomic E-state index is 14.1. The highest BCUT2D eigenvalue weighted by molar-refractivity contribution is 7.89. The number of hydrogen-bond acceptors (Lipinski definition) is 8. The Morgan fingerprint density at radius 1 is 1.11 bits per heavy atom. The number of piperidine rings is 1. The number of carbonyl (C=O) groups excluding carboxylic acids is 2. The van der Waals surface area contributed by atoms with Crippen LogP contribution in [0.1, 0.15) is 54.4 Å². The van der Waals surface area contributed by atoms with Crippen LogP contribution >= 0.6 is 11.6 Å². The fraction of sp³-hybridized carbons (Fsp3) is 0.576. The van der Waals surface area contributed by atoms with Crippen molar-refractivity contribution in [2.24, 2.45) is 17.8 Å². The molecule has 12 nitrogen and oxygen atoms in total. The van der Waals surface area contributed by atoms with Gasteiger partial charge in [-0.3, -0.25) is 24.6 Å². The molecule has 0 radical (unpaired) electrons. The van der Waals surface area contributed by atoms with E-state index in [9.17, 15) is 33.2 Å². The molecule has 2 aromatic rings. The lowest BCUT2D eigenvalue weighted by molar-refractivity contribution is -0.387. The molecule has 0 bridgehead atoms. The highest BCUT2D eigenvalue weighted by atomic mass is 35.5. The molecule has 2 aromatic carbocycles. The Balaban J connectivity index is 1.71. The smallest absolute Gasteiger partial charge is 0.289 e. The summed E-state index contributed by atoms with van der Waals surface area (Å²) >= 11 is 6.44. The predicted molar refractivity (Wildman–Crippen MR) is 181 cm³/mol. The van der Waals surface area contributed by atoms with E-state index >= 15 is 0 Å². The van der Waals surface area contributed by atoms with Crippen molar-refractivity contribution >= 4 is 44.8 Å². The van der Waals surface area contributed by atoms with Crippen LogP contribution in [0, 0.1) is 27.9 Å². The monoisotopic (exact) mass is 691 g/mol. The number of nitrogens with one attached hydrogen (secondary N) is 1. The minimum Gasteiger partial charge on any atom is -0.391 e. The molecular weight excluding hydrogens is 646 g/mol. The fourth-order valence-electron chi connectivity index (χ4n) is 6.69. The molecule has 14 heteroatoms. The quantitative estimate of drug-likeness (QED) is 0.261. The third kappa shape index (κ3) is 8.14. The Labute approximate surface area is 282 Å². The summed E-state index contributed by atoms with van der Waals surface area (Å²) in [5, 5.41) is 26.2. The summed E-state index contributed by atoms with van der Waals surface area (Å²) in [6, 6.07) is 11.1. The van der Waals surface area contributed by atoms with E-state index in [0.717, 1.165) is 10.4 Å². The van der Waals surface area contributed by atoms with Gasteiger partial charge in [0.1, 0.15) is 0 Å². The molecular formula is C33H46ClN5O7S. The Morgan fingerprint density at radius 3 is 2.36 bits per heavy atom. The van der Waals surface area contributed by atoms with Crippen molar-refractivity contribution in [3.63, 3.8) is 0 Å².